The van der Waals surface area contributed by atoms with Gasteiger partial charge in [-0.2, -0.15) is 4.98 Å². The molecule has 0 fully saturated rings. The number of furan rings is 5. The minimum atomic E-state index is 0.397. The summed E-state index contributed by atoms with van der Waals surface area (Å²) in [6.45, 7) is 0. The van der Waals surface area contributed by atoms with Crippen LogP contribution in [0.1, 0.15) is 0 Å². The van der Waals surface area contributed by atoms with Crippen LogP contribution in [0.2, 0.25) is 0 Å². The zero-order chi connectivity index (χ0) is 38.6. The first-order valence-corrected chi connectivity index (χ1v) is 19.2. The van der Waals surface area contributed by atoms with Gasteiger partial charge in [-0.25, -0.2) is 0 Å². The Morgan fingerprint density at radius 1 is 0.339 bits per heavy atom. The van der Waals surface area contributed by atoms with Crippen molar-refractivity contribution in [2.75, 3.05) is 9.80 Å². The van der Waals surface area contributed by atoms with Crippen molar-refractivity contribution < 1.29 is 22.1 Å². The third kappa shape index (κ3) is 4.90. The summed E-state index contributed by atoms with van der Waals surface area (Å²) in [5, 5.41) is 16.3. The smallest absolute Gasteiger partial charge is 0.231 e. The Morgan fingerprint density at radius 2 is 0.847 bits per heavy atom. The molecule has 0 atom stereocenters. The number of rotatable bonds is 6. The molecule has 0 bridgehead atoms. The molecule has 6 aromatic carbocycles. The summed E-state index contributed by atoms with van der Waals surface area (Å²) in [5.74, 6) is 2.24. The van der Waals surface area contributed by atoms with Crippen LogP contribution in [0.25, 0.3) is 88.0 Å². The SMILES string of the molecule is c1ccc2oc(N(c3ccc4c(c3)oc3ccccc34)c3cc4oc5nc(N(c6ccc7c(c6)oc6ccccc67)c6cc7ccccc7o6)ccc5c4nn3)cc2c1. The van der Waals surface area contributed by atoms with Gasteiger partial charge in [0, 0.05) is 62.6 Å². The molecule has 59 heavy (non-hydrogen) atoms. The number of hydrogen-bond acceptors (Lipinski definition) is 10. The molecule has 0 spiro atoms. The van der Waals surface area contributed by atoms with Gasteiger partial charge in [0.1, 0.15) is 44.8 Å². The molecule has 0 N–H and O–H groups in total. The minimum Gasteiger partial charge on any atom is -0.456 e. The molecule has 0 aliphatic rings. The van der Waals surface area contributed by atoms with Gasteiger partial charge in [0.15, 0.2) is 11.4 Å². The highest BCUT2D eigenvalue weighted by Gasteiger charge is 2.25. The standard InChI is InChI=1S/C49H27N5O5/c1-5-13-37-28(9-1)23-46(57-37)53(30-17-19-34-32-11-3-7-15-39(32)55-41(34)25-30)44-22-21-36-48-43(59-49(36)50-44)27-45(51-52-48)54(47-24-29-10-2-6-14-38(29)58-47)31-18-20-35-33-12-4-8-16-40(33)56-42(35)26-31/h1-27H. The molecule has 10 nitrogen and oxygen atoms in total. The van der Waals surface area contributed by atoms with Crippen molar-refractivity contribution in [1.29, 1.82) is 0 Å². The molecule has 0 aliphatic carbocycles. The van der Waals surface area contributed by atoms with Crippen molar-refractivity contribution in [1.82, 2.24) is 15.2 Å². The van der Waals surface area contributed by atoms with Crippen LogP contribution in [0.3, 0.4) is 0 Å². The van der Waals surface area contributed by atoms with Gasteiger partial charge in [0.2, 0.25) is 17.5 Å². The average molecular weight is 766 g/mol. The van der Waals surface area contributed by atoms with Crippen molar-refractivity contribution in [3.63, 3.8) is 0 Å². The second-order valence-corrected chi connectivity index (χ2v) is 14.5. The Morgan fingerprint density at radius 3 is 1.44 bits per heavy atom. The van der Waals surface area contributed by atoms with E-state index in [2.05, 4.69) is 30.3 Å². The van der Waals surface area contributed by atoms with Crippen LogP contribution >= 0.6 is 0 Å². The molecule has 13 aromatic rings. The number of fused-ring (bicyclic) bond motifs is 11. The maximum Gasteiger partial charge on any atom is 0.231 e. The van der Waals surface area contributed by atoms with Crippen molar-refractivity contribution in [3.05, 3.63) is 164 Å². The van der Waals surface area contributed by atoms with Crippen molar-refractivity contribution in [3.8, 4) is 0 Å². The molecule has 7 heterocycles. The molecule has 13 rings (SSSR count). The molecule has 0 unspecified atom stereocenters. The lowest BCUT2D eigenvalue weighted by molar-refractivity contribution is 0.618. The molecule has 7 aromatic heterocycles. The monoisotopic (exact) mass is 765 g/mol. The van der Waals surface area contributed by atoms with E-state index in [0.29, 0.717) is 40.2 Å². The van der Waals surface area contributed by atoms with Crippen LogP contribution in [0.4, 0.5) is 34.8 Å². The maximum absolute atomic E-state index is 6.55. The Kier molecular flexibility index (Phi) is 6.50. The summed E-state index contributed by atoms with van der Waals surface area (Å²) < 4.78 is 32.0. The van der Waals surface area contributed by atoms with Gasteiger partial charge >= 0.3 is 0 Å². The summed E-state index contributed by atoms with van der Waals surface area (Å²) in [6.07, 6.45) is 0. The Balaban J connectivity index is 0.959. The van der Waals surface area contributed by atoms with Crippen molar-refractivity contribution >= 4 is 123 Å². The van der Waals surface area contributed by atoms with Gasteiger partial charge in [-0.3, -0.25) is 9.80 Å². The number of hydrogen-bond donors (Lipinski definition) is 0. The van der Waals surface area contributed by atoms with E-state index in [0.717, 1.165) is 82.6 Å². The maximum atomic E-state index is 6.55. The van der Waals surface area contributed by atoms with Crippen LogP contribution in [-0.4, -0.2) is 15.2 Å². The largest absolute Gasteiger partial charge is 0.456 e. The fourth-order valence-electron chi connectivity index (χ4n) is 8.26. The van der Waals surface area contributed by atoms with Crippen LogP contribution in [0.15, 0.2) is 186 Å². The highest BCUT2D eigenvalue weighted by atomic mass is 16.4. The predicted octanol–water partition coefficient (Wildman–Crippen LogP) is 14.0. The molecular formula is C49H27N5O5. The normalized spacial score (nSPS) is 12.1. The van der Waals surface area contributed by atoms with Gasteiger partial charge in [-0.05, 0) is 60.7 Å². The summed E-state index contributed by atoms with van der Waals surface area (Å²) in [5.41, 5.74) is 7.74. The Bertz CT molecular complexity index is 3480. The zero-order valence-corrected chi connectivity index (χ0v) is 30.9. The second kappa shape index (κ2) is 12.1. The van der Waals surface area contributed by atoms with Crippen LogP contribution in [0, 0.1) is 0 Å². The first-order valence-electron chi connectivity index (χ1n) is 19.2. The molecule has 278 valence electrons. The van der Waals surface area contributed by atoms with Crippen LogP contribution in [0.5, 0.6) is 0 Å². The molecule has 0 amide bonds. The fourth-order valence-corrected chi connectivity index (χ4v) is 8.26. The first-order chi connectivity index (χ1) is 29.2. The van der Waals surface area contributed by atoms with Crippen LogP contribution in [-0.2, 0) is 0 Å². The average Bonchev–Trinajstić information content (AvgIpc) is 4.10. The lowest BCUT2D eigenvalue weighted by Gasteiger charge is -2.21. The summed E-state index contributed by atoms with van der Waals surface area (Å²) in [7, 11) is 0. The summed E-state index contributed by atoms with van der Waals surface area (Å²) >= 11 is 0. The first kappa shape index (κ1) is 31.8. The molecule has 0 saturated carbocycles. The number of pyridine rings is 1. The lowest BCUT2D eigenvalue weighted by atomic mass is 10.1. The quantitative estimate of drug-likeness (QED) is 0.162. The van der Waals surface area contributed by atoms with Gasteiger partial charge in [-0.15, -0.1) is 10.2 Å². The predicted molar refractivity (Wildman–Crippen MR) is 231 cm³/mol. The lowest BCUT2D eigenvalue weighted by Crippen LogP contribution is -2.11. The highest BCUT2D eigenvalue weighted by Crippen LogP contribution is 2.43. The minimum absolute atomic E-state index is 0.397. The number of anilines is 6. The van der Waals surface area contributed by atoms with Gasteiger partial charge in [0.05, 0.1) is 16.8 Å². The molecular weight excluding hydrogens is 739 g/mol. The fraction of sp³-hybridized carbons (Fsp3) is 0. The van der Waals surface area contributed by atoms with E-state index in [1.165, 1.54) is 0 Å². The Labute approximate surface area is 332 Å². The van der Waals surface area contributed by atoms with E-state index in [1.807, 2.05) is 143 Å². The van der Waals surface area contributed by atoms with E-state index in [1.54, 1.807) is 0 Å². The molecule has 10 heteroatoms. The second-order valence-electron chi connectivity index (χ2n) is 14.5. The third-order valence-corrected chi connectivity index (χ3v) is 11.0. The van der Waals surface area contributed by atoms with Gasteiger partial charge in [-0.1, -0.05) is 72.8 Å². The Hall–Kier alpha value is -8.37. The van der Waals surface area contributed by atoms with Crippen LogP contribution < -0.4 is 9.80 Å². The molecule has 0 saturated heterocycles. The molecule has 0 radical (unpaired) electrons. The van der Waals surface area contributed by atoms with Gasteiger partial charge < -0.3 is 22.1 Å². The number of benzene rings is 6. The summed E-state index contributed by atoms with van der Waals surface area (Å²) in [6, 6.07) is 53.9. The van der Waals surface area contributed by atoms with E-state index in [9.17, 15) is 0 Å². The van der Waals surface area contributed by atoms with Crippen molar-refractivity contribution in [2.24, 2.45) is 0 Å². The third-order valence-electron chi connectivity index (χ3n) is 11.0. The summed E-state index contributed by atoms with van der Waals surface area (Å²) in [4.78, 5) is 8.97. The van der Waals surface area contributed by atoms with E-state index in [4.69, 9.17) is 37.3 Å². The van der Waals surface area contributed by atoms with E-state index >= 15 is 0 Å². The van der Waals surface area contributed by atoms with Gasteiger partial charge in [0.25, 0.3) is 0 Å². The molecule has 0 aliphatic heterocycles. The number of para-hydroxylation sites is 4. The van der Waals surface area contributed by atoms with Crippen molar-refractivity contribution in [2.45, 2.75) is 0 Å². The topological polar surface area (TPSA) is 111 Å². The number of aromatic nitrogens is 3. The number of nitrogens with zero attached hydrogens (tertiary/aromatic N) is 5. The van der Waals surface area contributed by atoms with E-state index < -0.39 is 0 Å². The highest BCUT2D eigenvalue weighted by molar-refractivity contribution is 6.08. The van der Waals surface area contributed by atoms with E-state index in [-0.39, 0.29) is 0 Å². The zero-order valence-electron chi connectivity index (χ0n) is 30.9.